The zero-order valence-corrected chi connectivity index (χ0v) is 12.6. The van der Waals surface area contributed by atoms with Crippen molar-refractivity contribution in [3.63, 3.8) is 0 Å². The number of rotatable bonds is 6. The molecule has 0 spiro atoms. The monoisotopic (exact) mass is 332 g/mol. The summed E-state index contributed by atoms with van der Waals surface area (Å²) >= 11 is 0. The molecule has 1 N–H and O–H groups in total. The van der Waals surface area contributed by atoms with E-state index in [0.717, 1.165) is 18.8 Å². The van der Waals surface area contributed by atoms with Crippen LogP contribution >= 0.6 is 0 Å². The second-order valence-electron chi connectivity index (χ2n) is 5.08. The summed E-state index contributed by atoms with van der Waals surface area (Å²) in [5.74, 6) is -0.382. The number of nitrogens with one attached hydrogen (secondary N) is 1. The van der Waals surface area contributed by atoms with Gasteiger partial charge < -0.3 is 19.7 Å². The van der Waals surface area contributed by atoms with Crippen LogP contribution in [0.2, 0.25) is 0 Å². The quantitative estimate of drug-likeness (QED) is 0.813. The van der Waals surface area contributed by atoms with Crippen molar-refractivity contribution >= 4 is 17.3 Å². The molecule has 5 nitrogen and oxygen atoms in total. The van der Waals surface area contributed by atoms with Gasteiger partial charge in [0, 0.05) is 13.1 Å². The molecule has 0 bridgehead atoms. The van der Waals surface area contributed by atoms with E-state index in [-0.39, 0.29) is 18.9 Å². The molecule has 1 saturated heterocycles. The number of ether oxygens (including phenoxy) is 2. The molecule has 128 valence electrons. The number of benzene rings is 1. The van der Waals surface area contributed by atoms with Gasteiger partial charge in [0.1, 0.15) is 6.61 Å². The highest BCUT2D eigenvalue weighted by atomic mass is 19.4. The van der Waals surface area contributed by atoms with E-state index in [4.69, 9.17) is 4.74 Å². The van der Waals surface area contributed by atoms with E-state index < -0.39 is 12.8 Å². The zero-order valence-electron chi connectivity index (χ0n) is 12.6. The summed E-state index contributed by atoms with van der Waals surface area (Å²) in [4.78, 5) is 14.0. The molecule has 1 amide bonds. The number of anilines is 2. The predicted octanol–water partition coefficient (Wildman–Crippen LogP) is 2.43. The maximum absolute atomic E-state index is 11.9. The average molecular weight is 332 g/mol. The fourth-order valence-electron chi connectivity index (χ4n) is 2.22. The van der Waals surface area contributed by atoms with Crippen LogP contribution in [0.15, 0.2) is 24.3 Å². The molecule has 23 heavy (non-hydrogen) atoms. The van der Waals surface area contributed by atoms with Crippen molar-refractivity contribution in [2.75, 3.05) is 49.7 Å². The van der Waals surface area contributed by atoms with Crippen LogP contribution in [0.4, 0.5) is 24.5 Å². The Morgan fingerprint density at radius 2 is 1.96 bits per heavy atom. The van der Waals surface area contributed by atoms with Crippen LogP contribution < -0.4 is 10.2 Å². The number of morpholine rings is 1. The van der Waals surface area contributed by atoms with Crippen LogP contribution in [0.1, 0.15) is 6.42 Å². The first-order chi connectivity index (χ1) is 11.0. The lowest BCUT2D eigenvalue weighted by atomic mass is 10.2. The van der Waals surface area contributed by atoms with Crippen molar-refractivity contribution in [3.8, 4) is 0 Å². The van der Waals surface area contributed by atoms with Crippen LogP contribution in [-0.2, 0) is 14.3 Å². The number of carbonyl (C=O) groups excluding carboxylic acids is 1. The molecular weight excluding hydrogens is 313 g/mol. The second kappa shape index (κ2) is 8.16. The van der Waals surface area contributed by atoms with E-state index in [1.54, 1.807) is 12.1 Å². The van der Waals surface area contributed by atoms with E-state index in [1.165, 1.54) is 0 Å². The van der Waals surface area contributed by atoms with Gasteiger partial charge in [-0.25, -0.2) is 0 Å². The number of hydrogen-bond acceptors (Lipinski definition) is 4. The molecule has 1 aromatic carbocycles. The summed E-state index contributed by atoms with van der Waals surface area (Å²) in [6.07, 6.45) is -4.51. The molecule has 1 aliphatic heterocycles. The third kappa shape index (κ3) is 6.07. The highest BCUT2D eigenvalue weighted by Crippen LogP contribution is 2.26. The summed E-state index contributed by atoms with van der Waals surface area (Å²) in [7, 11) is 0. The van der Waals surface area contributed by atoms with Gasteiger partial charge in [-0.1, -0.05) is 12.1 Å². The Hall–Kier alpha value is -1.80. The lowest BCUT2D eigenvalue weighted by molar-refractivity contribution is -0.174. The lowest BCUT2D eigenvalue weighted by Gasteiger charge is -2.30. The fraction of sp³-hybridized carbons (Fsp3) is 0.533. The maximum Gasteiger partial charge on any atom is 0.411 e. The molecule has 0 atom stereocenters. The molecule has 0 saturated carbocycles. The van der Waals surface area contributed by atoms with E-state index in [0.29, 0.717) is 18.9 Å². The highest BCUT2D eigenvalue weighted by molar-refractivity contribution is 5.94. The summed E-state index contributed by atoms with van der Waals surface area (Å²) in [6, 6.07) is 7.31. The van der Waals surface area contributed by atoms with Gasteiger partial charge in [0.25, 0.3) is 0 Å². The van der Waals surface area contributed by atoms with Crippen molar-refractivity contribution in [2.24, 2.45) is 0 Å². The van der Waals surface area contributed by atoms with Crippen molar-refractivity contribution in [1.29, 1.82) is 0 Å². The molecular formula is C15H19F3N2O3. The first-order valence-electron chi connectivity index (χ1n) is 7.32. The van der Waals surface area contributed by atoms with Crippen LogP contribution in [-0.4, -0.2) is 51.6 Å². The Balaban J connectivity index is 1.85. The third-order valence-electron chi connectivity index (χ3n) is 3.27. The third-order valence-corrected chi connectivity index (χ3v) is 3.27. The molecule has 1 heterocycles. The van der Waals surface area contributed by atoms with Crippen LogP contribution in [0.5, 0.6) is 0 Å². The number of nitrogens with zero attached hydrogens (tertiary/aromatic N) is 1. The zero-order chi connectivity index (χ0) is 16.7. The standard InChI is InChI=1S/C15H19F3N2O3/c16-15(17,18)11-23-8-5-14(21)19-12-3-1-2-4-13(12)20-6-9-22-10-7-20/h1-4H,5-11H2,(H,19,21). The first kappa shape index (κ1) is 17.6. The van der Waals surface area contributed by atoms with Gasteiger partial charge in [0.05, 0.1) is 37.6 Å². The first-order valence-corrected chi connectivity index (χ1v) is 7.32. The molecule has 0 aromatic heterocycles. The van der Waals surface area contributed by atoms with Crippen LogP contribution in [0.25, 0.3) is 0 Å². The summed E-state index contributed by atoms with van der Waals surface area (Å²) in [5.41, 5.74) is 1.51. The molecule has 1 aliphatic rings. The number of alkyl halides is 3. The van der Waals surface area contributed by atoms with Gasteiger partial charge in [0.15, 0.2) is 0 Å². The normalized spacial score (nSPS) is 15.5. The number of para-hydroxylation sites is 2. The molecule has 8 heteroatoms. The number of hydrogen-bond donors (Lipinski definition) is 1. The Labute approximate surface area is 132 Å². The van der Waals surface area contributed by atoms with E-state index in [2.05, 4.69) is 15.0 Å². The van der Waals surface area contributed by atoms with Crippen molar-refractivity contribution in [3.05, 3.63) is 24.3 Å². The Morgan fingerprint density at radius 1 is 1.26 bits per heavy atom. The van der Waals surface area contributed by atoms with Crippen molar-refractivity contribution < 1.29 is 27.4 Å². The van der Waals surface area contributed by atoms with Gasteiger partial charge in [-0.05, 0) is 12.1 Å². The van der Waals surface area contributed by atoms with E-state index >= 15 is 0 Å². The maximum atomic E-state index is 11.9. The largest absolute Gasteiger partial charge is 0.411 e. The van der Waals surface area contributed by atoms with E-state index in [1.807, 2.05) is 12.1 Å². The van der Waals surface area contributed by atoms with Gasteiger partial charge in [0.2, 0.25) is 5.91 Å². The minimum absolute atomic E-state index is 0.131. The Kier molecular flexibility index (Phi) is 6.23. The van der Waals surface area contributed by atoms with Crippen LogP contribution in [0, 0.1) is 0 Å². The van der Waals surface area contributed by atoms with E-state index in [9.17, 15) is 18.0 Å². The highest BCUT2D eigenvalue weighted by Gasteiger charge is 2.27. The van der Waals surface area contributed by atoms with Crippen molar-refractivity contribution in [2.45, 2.75) is 12.6 Å². The number of amides is 1. The van der Waals surface area contributed by atoms with Crippen molar-refractivity contribution in [1.82, 2.24) is 0 Å². The fourth-order valence-corrected chi connectivity index (χ4v) is 2.22. The minimum Gasteiger partial charge on any atom is -0.378 e. The molecule has 0 aliphatic carbocycles. The van der Waals surface area contributed by atoms with Gasteiger partial charge in [-0.2, -0.15) is 13.2 Å². The molecule has 1 aromatic rings. The summed E-state index contributed by atoms with van der Waals surface area (Å²) in [6.45, 7) is 1.07. The summed E-state index contributed by atoms with van der Waals surface area (Å²) < 4.78 is 45.6. The minimum atomic E-state index is -4.38. The molecule has 0 radical (unpaired) electrons. The SMILES string of the molecule is O=C(CCOCC(F)(F)F)Nc1ccccc1N1CCOCC1. The Bertz CT molecular complexity index is 517. The molecule has 0 unspecified atom stereocenters. The van der Waals surface area contributed by atoms with Gasteiger partial charge in [-0.3, -0.25) is 4.79 Å². The Morgan fingerprint density at radius 3 is 2.65 bits per heavy atom. The molecule has 1 fully saturated rings. The van der Waals surface area contributed by atoms with Gasteiger partial charge >= 0.3 is 6.18 Å². The predicted molar refractivity (Wildman–Crippen MR) is 79.6 cm³/mol. The second-order valence-corrected chi connectivity index (χ2v) is 5.08. The molecule has 2 rings (SSSR count). The summed E-state index contributed by atoms with van der Waals surface area (Å²) in [5, 5.41) is 2.72. The smallest absolute Gasteiger partial charge is 0.378 e. The topological polar surface area (TPSA) is 50.8 Å². The number of halogens is 3. The van der Waals surface area contributed by atoms with Gasteiger partial charge in [-0.15, -0.1) is 0 Å². The lowest BCUT2D eigenvalue weighted by Crippen LogP contribution is -2.36. The average Bonchev–Trinajstić information content (AvgIpc) is 2.52. The number of carbonyl (C=O) groups is 1. The van der Waals surface area contributed by atoms with Crippen LogP contribution in [0.3, 0.4) is 0 Å².